The summed E-state index contributed by atoms with van der Waals surface area (Å²) in [5.74, 6) is 0.148. The number of unbranched alkanes of at least 4 members (excludes halogenated alkanes) is 1. The molecule has 114 valence electrons. The lowest BCUT2D eigenvalue weighted by atomic mass is 10.2. The van der Waals surface area contributed by atoms with Gasteiger partial charge in [-0.05, 0) is 55.3 Å². The quantitative estimate of drug-likeness (QED) is 0.626. The molecule has 0 unspecified atom stereocenters. The number of halogens is 1. The SMILES string of the molecule is CC(C)OCCCCn1nnnc1-c1ccc(F)c(N)c1. The highest BCUT2D eigenvalue weighted by Gasteiger charge is 2.10. The third-order valence-corrected chi connectivity index (χ3v) is 3.00. The normalized spacial score (nSPS) is 11.2. The van der Waals surface area contributed by atoms with E-state index >= 15 is 0 Å². The molecule has 2 N–H and O–H groups in total. The maximum atomic E-state index is 13.2. The van der Waals surface area contributed by atoms with Crippen molar-refractivity contribution in [1.29, 1.82) is 0 Å². The number of tetrazole rings is 1. The van der Waals surface area contributed by atoms with E-state index in [4.69, 9.17) is 10.5 Å². The second-order valence-corrected chi connectivity index (χ2v) is 5.09. The standard InChI is InChI=1S/C14H20FN5O/c1-10(2)21-8-4-3-7-20-14(17-18-19-20)11-5-6-12(15)13(16)9-11/h5-6,9-10H,3-4,7-8,16H2,1-2H3. The van der Waals surface area contributed by atoms with E-state index in [2.05, 4.69) is 15.5 Å². The van der Waals surface area contributed by atoms with Crippen molar-refractivity contribution >= 4 is 5.69 Å². The zero-order valence-electron chi connectivity index (χ0n) is 12.3. The van der Waals surface area contributed by atoms with Crippen molar-refractivity contribution in [2.45, 2.75) is 39.3 Å². The van der Waals surface area contributed by atoms with Crippen molar-refractivity contribution < 1.29 is 9.13 Å². The summed E-state index contributed by atoms with van der Waals surface area (Å²) in [5.41, 5.74) is 6.37. The highest BCUT2D eigenvalue weighted by molar-refractivity contribution is 5.61. The summed E-state index contributed by atoms with van der Waals surface area (Å²) in [4.78, 5) is 0. The maximum Gasteiger partial charge on any atom is 0.182 e. The zero-order valence-corrected chi connectivity index (χ0v) is 12.3. The van der Waals surface area contributed by atoms with Crippen molar-refractivity contribution in [3.8, 4) is 11.4 Å². The van der Waals surface area contributed by atoms with Crippen LogP contribution in [0.15, 0.2) is 18.2 Å². The molecule has 7 heteroatoms. The smallest absolute Gasteiger partial charge is 0.182 e. The molecule has 0 atom stereocenters. The summed E-state index contributed by atoms with van der Waals surface area (Å²) in [6.45, 7) is 5.43. The molecule has 2 rings (SSSR count). The number of benzene rings is 1. The Morgan fingerprint density at radius 2 is 2.14 bits per heavy atom. The fourth-order valence-corrected chi connectivity index (χ4v) is 1.93. The van der Waals surface area contributed by atoms with E-state index in [0.29, 0.717) is 17.9 Å². The molecule has 0 saturated carbocycles. The van der Waals surface area contributed by atoms with Crippen LogP contribution in [0.1, 0.15) is 26.7 Å². The summed E-state index contributed by atoms with van der Waals surface area (Å²) in [6.07, 6.45) is 2.08. The van der Waals surface area contributed by atoms with E-state index in [1.54, 1.807) is 16.8 Å². The number of hydrogen-bond donors (Lipinski definition) is 1. The van der Waals surface area contributed by atoms with Crippen LogP contribution in [0, 0.1) is 5.82 Å². The highest BCUT2D eigenvalue weighted by atomic mass is 19.1. The van der Waals surface area contributed by atoms with Crippen molar-refractivity contribution in [3.05, 3.63) is 24.0 Å². The Morgan fingerprint density at radius 3 is 2.86 bits per heavy atom. The minimum Gasteiger partial charge on any atom is -0.396 e. The first-order valence-electron chi connectivity index (χ1n) is 7.01. The molecular formula is C14H20FN5O. The Kier molecular flexibility index (Phi) is 5.21. The summed E-state index contributed by atoms with van der Waals surface area (Å²) < 4.78 is 20.4. The van der Waals surface area contributed by atoms with Gasteiger partial charge in [0.2, 0.25) is 0 Å². The summed E-state index contributed by atoms with van der Waals surface area (Å²) in [6, 6.07) is 4.48. The van der Waals surface area contributed by atoms with Crippen LogP contribution in [0.5, 0.6) is 0 Å². The van der Waals surface area contributed by atoms with Gasteiger partial charge in [0.25, 0.3) is 0 Å². The Hall–Kier alpha value is -2.02. The maximum absolute atomic E-state index is 13.2. The van der Waals surface area contributed by atoms with Gasteiger partial charge in [0.05, 0.1) is 11.8 Å². The fourth-order valence-electron chi connectivity index (χ4n) is 1.93. The molecule has 0 bridgehead atoms. The van der Waals surface area contributed by atoms with Crippen LogP contribution >= 0.6 is 0 Å². The zero-order chi connectivity index (χ0) is 15.2. The largest absolute Gasteiger partial charge is 0.396 e. The highest BCUT2D eigenvalue weighted by Crippen LogP contribution is 2.21. The van der Waals surface area contributed by atoms with E-state index in [-0.39, 0.29) is 11.8 Å². The van der Waals surface area contributed by atoms with Crippen LogP contribution in [0.3, 0.4) is 0 Å². The molecule has 0 fully saturated rings. The van der Waals surface area contributed by atoms with E-state index in [0.717, 1.165) is 19.4 Å². The number of anilines is 1. The molecule has 0 aliphatic carbocycles. The molecule has 0 saturated heterocycles. The van der Waals surface area contributed by atoms with Crippen molar-refractivity contribution in [3.63, 3.8) is 0 Å². The molecule has 0 aliphatic rings. The molecule has 1 aromatic heterocycles. The van der Waals surface area contributed by atoms with Gasteiger partial charge in [-0.1, -0.05) is 0 Å². The van der Waals surface area contributed by atoms with E-state index in [1.807, 2.05) is 13.8 Å². The minimum absolute atomic E-state index is 0.0902. The molecule has 21 heavy (non-hydrogen) atoms. The molecule has 0 radical (unpaired) electrons. The predicted octanol–water partition coefficient (Wildman–Crippen LogP) is 2.27. The first-order chi connectivity index (χ1) is 10.1. The third kappa shape index (κ3) is 4.22. The predicted molar refractivity (Wildman–Crippen MR) is 77.9 cm³/mol. The number of nitrogens with zero attached hydrogens (tertiary/aromatic N) is 4. The molecule has 0 aliphatic heterocycles. The number of ether oxygens (including phenoxy) is 1. The molecule has 0 amide bonds. The van der Waals surface area contributed by atoms with Gasteiger partial charge < -0.3 is 10.5 Å². The second-order valence-electron chi connectivity index (χ2n) is 5.09. The summed E-state index contributed by atoms with van der Waals surface area (Å²) in [5, 5.41) is 11.6. The number of rotatable bonds is 7. The fraction of sp³-hybridized carbons (Fsp3) is 0.500. The molecule has 1 aromatic carbocycles. The van der Waals surface area contributed by atoms with Gasteiger partial charge in [0.15, 0.2) is 5.82 Å². The minimum atomic E-state index is -0.441. The van der Waals surface area contributed by atoms with Gasteiger partial charge in [0, 0.05) is 18.7 Å². The molecule has 2 aromatic rings. The van der Waals surface area contributed by atoms with Crippen LogP contribution in [0.25, 0.3) is 11.4 Å². The summed E-state index contributed by atoms with van der Waals surface area (Å²) >= 11 is 0. The van der Waals surface area contributed by atoms with Crippen LogP contribution in [0.4, 0.5) is 10.1 Å². The number of aryl methyl sites for hydroxylation is 1. The van der Waals surface area contributed by atoms with Gasteiger partial charge >= 0.3 is 0 Å². The number of nitrogen functional groups attached to an aromatic ring is 1. The van der Waals surface area contributed by atoms with Crippen molar-refractivity contribution in [1.82, 2.24) is 20.2 Å². The van der Waals surface area contributed by atoms with E-state index in [9.17, 15) is 4.39 Å². The lowest BCUT2D eigenvalue weighted by Gasteiger charge is -2.08. The van der Waals surface area contributed by atoms with Crippen molar-refractivity contribution in [2.24, 2.45) is 0 Å². The van der Waals surface area contributed by atoms with Gasteiger partial charge in [0.1, 0.15) is 5.82 Å². The topological polar surface area (TPSA) is 78.8 Å². The van der Waals surface area contributed by atoms with Gasteiger partial charge in [-0.3, -0.25) is 0 Å². The average molecular weight is 293 g/mol. The molecule has 1 heterocycles. The molecular weight excluding hydrogens is 273 g/mol. The van der Waals surface area contributed by atoms with Crippen molar-refractivity contribution in [2.75, 3.05) is 12.3 Å². The average Bonchev–Trinajstić information content (AvgIpc) is 2.89. The van der Waals surface area contributed by atoms with Gasteiger partial charge in [-0.2, -0.15) is 0 Å². The monoisotopic (exact) mass is 293 g/mol. The van der Waals surface area contributed by atoms with Crippen LogP contribution < -0.4 is 5.73 Å². The van der Waals surface area contributed by atoms with Gasteiger partial charge in [-0.15, -0.1) is 5.10 Å². The Morgan fingerprint density at radius 1 is 1.33 bits per heavy atom. The van der Waals surface area contributed by atoms with Crippen LogP contribution in [0.2, 0.25) is 0 Å². The lowest BCUT2D eigenvalue weighted by molar-refractivity contribution is 0.0753. The van der Waals surface area contributed by atoms with Crippen LogP contribution in [-0.2, 0) is 11.3 Å². The number of hydrogen-bond acceptors (Lipinski definition) is 5. The van der Waals surface area contributed by atoms with E-state index < -0.39 is 5.82 Å². The number of aromatic nitrogens is 4. The molecule has 0 spiro atoms. The third-order valence-electron chi connectivity index (χ3n) is 3.00. The Bertz CT molecular complexity index is 584. The Balaban J connectivity index is 1.96. The lowest BCUT2D eigenvalue weighted by Crippen LogP contribution is -2.07. The first-order valence-corrected chi connectivity index (χ1v) is 7.01. The van der Waals surface area contributed by atoms with Gasteiger partial charge in [-0.25, -0.2) is 9.07 Å². The first kappa shape index (κ1) is 15.4. The van der Waals surface area contributed by atoms with Crippen LogP contribution in [-0.4, -0.2) is 32.9 Å². The molecule has 6 nitrogen and oxygen atoms in total. The Labute approximate surface area is 123 Å². The van der Waals surface area contributed by atoms with E-state index in [1.165, 1.54) is 6.07 Å². The number of nitrogens with two attached hydrogens (primary N) is 1. The summed E-state index contributed by atoms with van der Waals surface area (Å²) in [7, 11) is 0. The second kappa shape index (κ2) is 7.12.